The number of urea groups is 1. The first-order valence-electron chi connectivity index (χ1n) is 7.35. The van der Waals surface area contributed by atoms with Crippen molar-refractivity contribution in [3.8, 4) is 17.1 Å². The molecule has 0 saturated carbocycles. The molecule has 2 rings (SSSR count). The molecule has 0 aliphatic carbocycles. The average Bonchev–Trinajstić information content (AvgIpc) is 3.03. The van der Waals surface area contributed by atoms with Crippen LogP contribution in [0.2, 0.25) is 0 Å². The van der Waals surface area contributed by atoms with Gasteiger partial charge in [-0.2, -0.15) is 0 Å². The first-order valence-corrected chi connectivity index (χ1v) is 8.23. The number of nitrogens with one attached hydrogen (secondary N) is 3. The lowest BCUT2D eigenvalue weighted by Crippen LogP contribution is -2.42. The molecule has 1 aromatic carbocycles. The highest BCUT2D eigenvalue weighted by molar-refractivity contribution is 8.00. The average molecular weight is 349 g/mol. The van der Waals surface area contributed by atoms with E-state index in [-0.39, 0.29) is 0 Å². The number of thioether (sulfide) groups is 1. The molecule has 0 aliphatic rings. The molecule has 0 unspecified atom stereocenters. The van der Waals surface area contributed by atoms with E-state index in [9.17, 15) is 9.59 Å². The third-order valence-electron chi connectivity index (χ3n) is 3.05. The quantitative estimate of drug-likeness (QED) is 0.686. The van der Waals surface area contributed by atoms with Gasteiger partial charge in [0.15, 0.2) is 5.82 Å². The highest BCUT2D eigenvalue weighted by Gasteiger charge is 2.19. The number of hydrogen-bond acceptors (Lipinski definition) is 6. The van der Waals surface area contributed by atoms with Crippen LogP contribution in [0.25, 0.3) is 11.4 Å². The van der Waals surface area contributed by atoms with Crippen LogP contribution in [-0.2, 0) is 4.79 Å². The van der Waals surface area contributed by atoms with Crippen molar-refractivity contribution in [3.63, 3.8) is 0 Å². The molecule has 3 amide bonds. The number of nitrogens with zero attached hydrogens (tertiary/aromatic N) is 2. The van der Waals surface area contributed by atoms with Crippen molar-refractivity contribution in [2.45, 2.75) is 24.3 Å². The van der Waals surface area contributed by atoms with Crippen molar-refractivity contribution in [1.82, 2.24) is 25.8 Å². The maximum absolute atomic E-state index is 11.9. The predicted octanol–water partition coefficient (Wildman–Crippen LogP) is 1.81. The Hall–Kier alpha value is -2.55. The lowest BCUT2D eigenvalue weighted by atomic mass is 10.2. The third kappa shape index (κ3) is 4.72. The van der Waals surface area contributed by atoms with Gasteiger partial charge in [-0.3, -0.25) is 15.2 Å². The van der Waals surface area contributed by atoms with Gasteiger partial charge in [0.2, 0.25) is 11.1 Å². The van der Waals surface area contributed by atoms with Crippen LogP contribution in [0.1, 0.15) is 13.8 Å². The minimum absolute atomic E-state index is 0.401. The molecule has 1 heterocycles. The van der Waals surface area contributed by atoms with Gasteiger partial charge < -0.3 is 10.1 Å². The number of benzene rings is 1. The summed E-state index contributed by atoms with van der Waals surface area (Å²) in [5.74, 6) is 0.946. The summed E-state index contributed by atoms with van der Waals surface area (Å²) in [5, 5.41) is 11.6. The number of amides is 3. The largest absolute Gasteiger partial charge is 0.497 e. The molecule has 0 aliphatic heterocycles. The summed E-state index contributed by atoms with van der Waals surface area (Å²) in [6.45, 7) is 3.91. The second kappa shape index (κ2) is 8.34. The lowest BCUT2D eigenvalue weighted by Gasteiger charge is -2.09. The standard InChI is InChI=1S/C15H19N5O3S/c1-4-16-14(22)18-13(21)9(2)24-15-17-12(19-20-15)10-5-7-11(23-3)8-6-10/h5-9H,4H2,1-3H3,(H,17,19,20)(H2,16,18,21,22)/t9-/m0/s1. The summed E-state index contributed by atoms with van der Waals surface area (Å²) in [6.07, 6.45) is 0. The van der Waals surface area contributed by atoms with Crippen molar-refractivity contribution in [3.05, 3.63) is 24.3 Å². The molecule has 0 fully saturated rings. The minimum atomic E-state index is -0.510. The fourth-order valence-corrected chi connectivity index (χ4v) is 2.53. The number of carbonyl (C=O) groups excluding carboxylic acids is 2. The molecular weight excluding hydrogens is 330 g/mol. The summed E-state index contributed by atoms with van der Waals surface area (Å²) in [6, 6.07) is 6.86. The highest BCUT2D eigenvalue weighted by atomic mass is 32.2. The van der Waals surface area contributed by atoms with Gasteiger partial charge >= 0.3 is 6.03 Å². The first-order chi connectivity index (χ1) is 11.5. The fourth-order valence-electron chi connectivity index (χ4n) is 1.81. The Balaban J connectivity index is 1.97. The van der Waals surface area contributed by atoms with Gasteiger partial charge in [-0.05, 0) is 38.1 Å². The van der Waals surface area contributed by atoms with Crippen molar-refractivity contribution in [1.29, 1.82) is 0 Å². The van der Waals surface area contributed by atoms with Crippen LogP contribution in [0.15, 0.2) is 29.4 Å². The van der Waals surface area contributed by atoms with E-state index in [0.29, 0.717) is 17.5 Å². The Morgan fingerprint density at radius 2 is 2.04 bits per heavy atom. The number of imide groups is 1. The lowest BCUT2D eigenvalue weighted by molar-refractivity contribution is -0.119. The van der Waals surface area contributed by atoms with Crippen molar-refractivity contribution in [2.24, 2.45) is 0 Å². The molecule has 0 spiro atoms. The SMILES string of the molecule is CCNC(=O)NC(=O)[C@H](C)Sc1n[nH]c(-c2ccc(OC)cc2)n1. The number of rotatable bonds is 6. The van der Waals surface area contributed by atoms with E-state index in [0.717, 1.165) is 23.1 Å². The number of H-pyrrole nitrogens is 1. The topological polar surface area (TPSA) is 109 Å². The van der Waals surface area contributed by atoms with Crippen LogP contribution in [0, 0.1) is 0 Å². The van der Waals surface area contributed by atoms with Crippen LogP contribution in [-0.4, -0.2) is 46.0 Å². The molecule has 0 bridgehead atoms. The molecule has 1 atom stereocenters. The van der Waals surface area contributed by atoms with Crippen molar-refractivity contribution < 1.29 is 14.3 Å². The molecule has 24 heavy (non-hydrogen) atoms. The van der Waals surface area contributed by atoms with Gasteiger partial charge in [-0.25, -0.2) is 9.78 Å². The number of ether oxygens (including phenoxy) is 1. The van der Waals surface area contributed by atoms with Gasteiger partial charge in [0.1, 0.15) is 5.75 Å². The van der Waals surface area contributed by atoms with E-state index in [2.05, 4.69) is 25.8 Å². The Morgan fingerprint density at radius 3 is 2.67 bits per heavy atom. The summed E-state index contributed by atoms with van der Waals surface area (Å²) in [4.78, 5) is 27.6. The Labute approximate surface area is 143 Å². The number of methoxy groups -OCH3 is 1. The summed E-state index contributed by atoms with van der Waals surface area (Å²) in [5.41, 5.74) is 0.856. The van der Waals surface area contributed by atoms with Crippen molar-refractivity contribution in [2.75, 3.05) is 13.7 Å². The van der Waals surface area contributed by atoms with Gasteiger partial charge in [0.25, 0.3) is 0 Å². The minimum Gasteiger partial charge on any atom is -0.497 e. The zero-order valence-electron chi connectivity index (χ0n) is 13.6. The second-order valence-corrected chi connectivity index (χ2v) is 6.11. The fraction of sp³-hybridized carbons (Fsp3) is 0.333. The van der Waals surface area contributed by atoms with Crippen LogP contribution in [0.5, 0.6) is 5.75 Å². The zero-order chi connectivity index (χ0) is 17.5. The predicted molar refractivity (Wildman–Crippen MR) is 90.9 cm³/mol. The van der Waals surface area contributed by atoms with Gasteiger partial charge in [0.05, 0.1) is 12.4 Å². The van der Waals surface area contributed by atoms with E-state index in [4.69, 9.17) is 4.74 Å². The first kappa shape index (κ1) is 17.8. The smallest absolute Gasteiger partial charge is 0.321 e. The molecule has 3 N–H and O–H groups in total. The molecule has 2 aromatic rings. The molecule has 1 aromatic heterocycles. The molecule has 9 heteroatoms. The van der Waals surface area contributed by atoms with Crippen LogP contribution < -0.4 is 15.4 Å². The Bertz CT molecular complexity index is 701. The Kier molecular flexibility index (Phi) is 6.19. The highest BCUT2D eigenvalue weighted by Crippen LogP contribution is 2.24. The summed E-state index contributed by atoms with van der Waals surface area (Å²) >= 11 is 1.16. The van der Waals surface area contributed by atoms with E-state index in [1.807, 2.05) is 24.3 Å². The molecule has 0 saturated heterocycles. The van der Waals surface area contributed by atoms with E-state index >= 15 is 0 Å². The molecule has 8 nitrogen and oxygen atoms in total. The van der Waals surface area contributed by atoms with Crippen molar-refractivity contribution >= 4 is 23.7 Å². The van der Waals surface area contributed by atoms with Gasteiger partial charge in [-0.15, -0.1) is 5.10 Å². The number of carbonyl (C=O) groups is 2. The molecule has 0 radical (unpaired) electrons. The van der Waals surface area contributed by atoms with E-state index in [1.165, 1.54) is 0 Å². The second-order valence-electron chi connectivity index (χ2n) is 4.80. The van der Waals surface area contributed by atoms with Crippen LogP contribution in [0.4, 0.5) is 4.79 Å². The van der Waals surface area contributed by atoms with E-state index < -0.39 is 17.2 Å². The number of hydrogen-bond donors (Lipinski definition) is 3. The molecule has 128 valence electrons. The maximum atomic E-state index is 11.9. The Morgan fingerprint density at radius 1 is 1.33 bits per heavy atom. The molecular formula is C15H19N5O3S. The maximum Gasteiger partial charge on any atom is 0.321 e. The van der Waals surface area contributed by atoms with Crippen LogP contribution in [0.3, 0.4) is 0 Å². The van der Waals surface area contributed by atoms with Crippen LogP contribution >= 0.6 is 11.8 Å². The number of aromatic amines is 1. The van der Waals surface area contributed by atoms with E-state index in [1.54, 1.807) is 21.0 Å². The third-order valence-corrected chi connectivity index (χ3v) is 4.01. The summed E-state index contributed by atoms with van der Waals surface area (Å²) < 4.78 is 5.11. The summed E-state index contributed by atoms with van der Waals surface area (Å²) in [7, 11) is 1.60. The van der Waals surface area contributed by atoms with Gasteiger partial charge in [-0.1, -0.05) is 11.8 Å². The van der Waals surface area contributed by atoms with Gasteiger partial charge in [0, 0.05) is 12.1 Å². The normalized spacial score (nSPS) is 11.6. The monoisotopic (exact) mass is 349 g/mol. The number of aromatic nitrogens is 3. The zero-order valence-corrected chi connectivity index (χ0v) is 14.4.